The van der Waals surface area contributed by atoms with Crippen molar-refractivity contribution in [3.8, 4) is 17.2 Å². The molecule has 5 rings (SSSR count). The van der Waals surface area contributed by atoms with Crippen LogP contribution in [0.3, 0.4) is 0 Å². The van der Waals surface area contributed by atoms with Crippen molar-refractivity contribution < 1.29 is 23.7 Å². The van der Waals surface area contributed by atoms with Crippen LogP contribution in [0.5, 0.6) is 17.2 Å². The molecule has 1 aliphatic rings. The van der Waals surface area contributed by atoms with Gasteiger partial charge in [-0.3, -0.25) is 9.36 Å². The van der Waals surface area contributed by atoms with Crippen LogP contribution in [0.4, 0.5) is 0 Å². The topological polar surface area (TPSA) is 88.4 Å². The van der Waals surface area contributed by atoms with Crippen molar-refractivity contribution in [1.29, 1.82) is 0 Å². The van der Waals surface area contributed by atoms with Gasteiger partial charge in [-0.25, -0.2) is 9.79 Å². The Balaban J connectivity index is 1.58. The van der Waals surface area contributed by atoms with Crippen LogP contribution in [0, 0.1) is 0 Å². The molecule has 0 N–H and O–H groups in total. The van der Waals surface area contributed by atoms with Crippen LogP contribution in [-0.4, -0.2) is 30.4 Å². The lowest BCUT2D eigenvalue weighted by molar-refractivity contribution is -0.139. The van der Waals surface area contributed by atoms with Crippen molar-refractivity contribution in [3.63, 3.8) is 0 Å². The number of carbonyl (C=O) groups excluding carboxylic acids is 1. The maximum atomic E-state index is 14.1. The lowest BCUT2D eigenvalue weighted by atomic mass is 9.95. The van der Waals surface area contributed by atoms with Crippen LogP contribution >= 0.6 is 54.8 Å². The predicted molar refractivity (Wildman–Crippen MR) is 187 cm³/mol. The summed E-state index contributed by atoms with van der Waals surface area (Å²) in [5.74, 6) is 1.12. The summed E-state index contributed by atoms with van der Waals surface area (Å²) < 4.78 is 26.4. The number of fused-ring (bicyclic) bond motifs is 1. The van der Waals surface area contributed by atoms with E-state index in [1.165, 1.54) is 11.3 Å². The minimum Gasteiger partial charge on any atom is -0.493 e. The zero-order valence-electron chi connectivity index (χ0n) is 25.7. The number of halogens is 3. The first-order chi connectivity index (χ1) is 22.0. The number of hydrogen-bond donors (Lipinski definition) is 0. The summed E-state index contributed by atoms with van der Waals surface area (Å²) in [6, 6.07) is 15.8. The number of allylic oxidation sites excluding steroid dienone is 1. The highest BCUT2D eigenvalue weighted by Crippen LogP contribution is 2.37. The molecule has 0 amide bonds. The number of benzene rings is 3. The van der Waals surface area contributed by atoms with E-state index in [9.17, 15) is 9.59 Å². The van der Waals surface area contributed by atoms with E-state index < -0.39 is 12.0 Å². The van der Waals surface area contributed by atoms with E-state index >= 15 is 0 Å². The SMILES string of the molecule is CCOC(=O)C1=C(C)N=c2s/c(=C/c3cc(Br)c(OCc4cccc(Cl)c4)c(Br)c3)c(=O)n2[C@H]1c1ccc(OC(C)C)c(OC)c1. The zero-order valence-corrected chi connectivity index (χ0v) is 30.5. The van der Waals surface area contributed by atoms with Crippen molar-refractivity contribution in [1.82, 2.24) is 4.57 Å². The monoisotopic (exact) mass is 788 g/mol. The van der Waals surface area contributed by atoms with Crippen molar-refractivity contribution in [2.45, 2.75) is 46.4 Å². The second-order valence-corrected chi connectivity index (χ2v) is 13.8. The zero-order chi connectivity index (χ0) is 33.1. The Morgan fingerprint density at radius 1 is 1.11 bits per heavy atom. The van der Waals surface area contributed by atoms with Gasteiger partial charge in [0.1, 0.15) is 12.4 Å². The van der Waals surface area contributed by atoms with Crippen molar-refractivity contribution in [3.05, 3.63) is 116 Å². The second-order valence-electron chi connectivity index (χ2n) is 10.6. The molecular formula is C34H31Br2ClN2O6S. The Kier molecular flexibility index (Phi) is 10.8. The fourth-order valence-corrected chi connectivity index (χ4v) is 7.76. The summed E-state index contributed by atoms with van der Waals surface area (Å²) in [5.41, 5.74) is 2.82. The Hall–Kier alpha value is -3.38. The Morgan fingerprint density at radius 3 is 2.50 bits per heavy atom. The molecule has 8 nitrogen and oxygen atoms in total. The molecule has 46 heavy (non-hydrogen) atoms. The van der Waals surface area contributed by atoms with Gasteiger partial charge in [0.05, 0.1) is 50.6 Å². The van der Waals surface area contributed by atoms with E-state index in [0.717, 1.165) is 11.1 Å². The van der Waals surface area contributed by atoms with E-state index in [0.29, 0.717) is 58.4 Å². The van der Waals surface area contributed by atoms with Gasteiger partial charge in [0.25, 0.3) is 5.56 Å². The molecule has 0 radical (unpaired) electrons. The van der Waals surface area contributed by atoms with E-state index in [1.807, 2.05) is 56.3 Å². The number of carbonyl (C=O) groups is 1. The lowest BCUT2D eigenvalue weighted by Crippen LogP contribution is -2.40. The van der Waals surface area contributed by atoms with Gasteiger partial charge in [-0.05, 0) is 119 Å². The first-order valence-electron chi connectivity index (χ1n) is 14.4. The number of hydrogen-bond acceptors (Lipinski definition) is 8. The van der Waals surface area contributed by atoms with Gasteiger partial charge in [-0.15, -0.1) is 0 Å². The van der Waals surface area contributed by atoms with Crippen molar-refractivity contribution in [2.24, 2.45) is 4.99 Å². The molecule has 0 aliphatic carbocycles. The van der Waals surface area contributed by atoms with Crippen LogP contribution in [0.15, 0.2) is 84.6 Å². The molecule has 12 heteroatoms. The molecule has 240 valence electrons. The van der Waals surface area contributed by atoms with E-state index in [-0.39, 0.29) is 23.8 Å². The Morgan fingerprint density at radius 2 is 1.85 bits per heavy atom. The number of ether oxygens (including phenoxy) is 4. The highest BCUT2D eigenvalue weighted by Gasteiger charge is 2.34. The Labute approximate surface area is 292 Å². The molecule has 1 aliphatic heterocycles. The first kappa shape index (κ1) is 34.0. The molecule has 4 aromatic rings. The molecule has 0 saturated carbocycles. The Bertz CT molecular complexity index is 2000. The first-order valence-corrected chi connectivity index (χ1v) is 17.2. The van der Waals surface area contributed by atoms with E-state index in [1.54, 1.807) is 43.7 Å². The van der Waals surface area contributed by atoms with Gasteiger partial charge < -0.3 is 18.9 Å². The smallest absolute Gasteiger partial charge is 0.338 e. The molecule has 0 bridgehead atoms. The highest BCUT2D eigenvalue weighted by molar-refractivity contribution is 9.11. The molecule has 0 unspecified atom stereocenters. The fourth-order valence-electron chi connectivity index (χ4n) is 5.05. The summed E-state index contributed by atoms with van der Waals surface area (Å²) in [7, 11) is 1.55. The summed E-state index contributed by atoms with van der Waals surface area (Å²) in [4.78, 5) is 32.6. The van der Waals surface area contributed by atoms with Gasteiger partial charge in [0, 0.05) is 5.02 Å². The minimum atomic E-state index is -0.791. The summed E-state index contributed by atoms with van der Waals surface area (Å²) >= 11 is 14.6. The maximum absolute atomic E-state index is 14.1. The van der Waals surface area contributed by atoms with Crippen molar-refractivity contribution >= 4 is 66.8 Å². The van der Waals surface area contributed by atoms with Crippen LogP contribution in [0.1, 0.15) is 50.4 Å². The fraction of sp³-hybridized carbons (Fsp3) is 0.265. The standard InChI is InChI=1S/C34H31Br2ClN2O6S/c1-6-43-33(41)29-19(4)38-34-39(30(29)22-10-11-26(45-18(2)3)27(16-22)42-5)32(40)28(46-34)15-21-13-24(35)31(25(36)14-21)44-17-20-8-7-9-23(37)12-20/h7-16,18,30H,6,17H2,1-5H3/b28-15+/t30-/m0/s1. The molecule has 1 atom stereocenters. The average Bonchev–Trinajstić information content (AvgIpc) is 3.29. The van der Waals surface area contributed by atoms with Gasteiger partial charge in [-0.2, -0.15) is 0 Å². The minimum absolute atomic E-state index is 0.0710. The number of aromatic nitrogens is 1. The van der Waals surface area contributed by atoms with Crippen LogP contribution in [0.2, 0.25) is 5.02 Å². The van der Waals surface area contributed by atoms with E-state index in [4.69, 9.17) is 30.5 Å². The average molecular weight is 791 g/mol. The third-order valence-electron chi connectivity index (χ3n) is 6.97. The second kappa shape index (κ2) is 14.6. The maximum Gasteiger partial charge on any atom is 0.338 e. The highest BCUT2D eigenvalue weighted by atomic mass is 79.9. The summed E-state index contributed by atoms with van der Waals surface area (Å²) in [6.07, 6.45) is 1.72. The van der Waals surface area contributed by atoms with Gasteiger partial charge in [0.15, 0.2) is 16.3 Å². The molecule has 0 fully saturated rings. The van der Waals surface area contributed by atoms with Gasteiger partial charge in [-0.1, -0.05) is 41.1 Å². The van der Waals surface area contributed by atoms with Gasteiger partial charge >= 0.3 is 5.97 Å². The number of rotatable bonds is 10. The largest absolute Gasteiger partial charge is 0.493 e. The number of nitrogens with zero attached hydrogens (tertiary/aromatic N) is 2. The number of methoxy groups -OCH3 is 1. The van der Waals surface area contributed by atoms with Crippen LogP contribution in [-0.2, 0) is 16.1 Å². The molecular weight excluding hydrogens is 760 g/mol. The van der Waals surface area contributed by atoms with Crippen molar-refractivity contribution in [2.75, 3.05) is 13.7 Å². The lowest BCUT2D eigenvalue weighted by Gasteiger charge is -2.25. The molecule has 0 spiro atoms. The molecule has 1 aromatic heterocycles. The molecule has 2 heterocycles. The molecule has 0 saturated heterocycles. The third kappa shape index (κ3) is 7.27. The quantitative estimate of drug-likeness (QED) is 0.156. The van der Waals surface area contributed by atoms with E-state index in [2.05, 4.69) is 36.9 Å². The number of esters is 1. The molecule has 3 aromatic carbocycles. The number of thiazole rings is 1. The summed E-state index contributed by atoms with van der Waals surface area (Å²) in [6.45, 7) is 7.85. The van der Waals surface area contributed by atoms with Crippen LogP contribution in [0.25, 0.3) is 6.08 Å². The van der Waals surface area contributed by atoms with Gasteiger partial charge in [0.2, 0.25) is 0 Å². The third-order valence-corrected chi connectivity index (χ3v) is 9.37. The van der Waals surface area contributed by atoms with Crippen LogP contribution < -0.4 is 29.1 Å². The normalized spacial score (nSPS) is 14.6. The summed E-state index contributed by atoms with van der Waals surface area (Å²) in [5, 5.41) is 0.638. The predicted octanol–water partition coefficient (Wildman–Crippen LogP) is 7.35.